The number of nitrogens with two attached hydrogens (primary N) is 1. The molecule has 22 heavy (non-hydrogen) atoms. The summed E-state index contributed by atoms with van der Waals surface area (Å²) in [7, 11) is 3.96. The van der Waals surface area contributed by atoms with E-state index in [1.165, 1.54) is 0 Å². The number of hydrogen-bond acceptors (Lipinski definition) is 3. The highest BCUT2D eigenvalue weighted by Gasteiger charge is 2.22. The first kappa shape index (κ1) is 17.1. The molecular weight excluding hydrogens is 319 g/mol. The van der Waals surface area contributed by atoms with Crippen molar-refractivity contribution in [3.63, 3.8) is 0 Å². The minimum absolute atomic E-state index is 0.0642. The SMILES string of the molecule is CN(C)c1cccc(C(N)C(CO)c2ccc(Cl)c(Cl)c2)c1. The largest absolute Gasteiger partial charge is 0.396 e. The maximum absolute atomic E-state index is 9.78. The van der Waals surface area contributed by atoms with E-state index < -0.39 is 0 Å². The van der Waals surface area contributed by atoms with Gasteiger partial charge in [-0.3, -0.25) is 0 Å². The average molecular weight is 339 g/mol. The number of rotatable bonds is 5. The molecule has 0 saturated heterocycles. The minimum Gasteiger partial charge on any atom is -0.396 e. The fourth-order valence-corrected chi connectivity index (χ4v) is 2.72. The van der Waals surface area contributed by atoms with Crippen LogP contribution in [0.4, 0.5) is 5.69 Å². The van der Waals surface area contributed by atoms with Gasteiger partial charge in [-0.25, -0.2) is 0 Å². The number of anilines is 1. The van der Waals surface area contributed by atoms with Crippen LogP contribution in [0.15, 0.2) is 42.5 Å². The van der Waals surface area contributed by atoms with E-state index in [2.05, 4.69) is 0 Å². The van der Waals surface area contributed by atoms with Gasteiger partial charge in [0, 0.05) is 31.7 Å². The van der Waals surface area contributed by atoms with Gasteiger partial charge in [-0.2, -0.15) is 0 Å². The number of nitrogens with zero attached hydrogens (tertiary/aromatic N) is 1. The number of aliphatic hydroxyl groups excluding tert-OH is 1. The summed E-state index contributed by atoms with van der Waals surface area (Å²) in [5.74, 6) is -0.243. The molecule has 0 aliphatic carbocycles. The van der Waals surface area contributed by atoms with E-state index in [0.29, 0.717) is 10.0 Å². The quantitative estimate of drug-likeness (QED) is 0.870. The molecule has 0 radical (unpaired) electrons. The van der Waals surface area contributed by atoms with Crippen LogP contribution in [0.5, 0.6) is 0 Å². The predicted molar refractivity (Wildman–Crippen MR) is 94.0 cm³/mol. The van der Waals surface area contributed by atoms with Crippen LogP contribution < -0.4 is 10.6 Å². The van der Waals surface area contributed by atoms with Crippen molar-refractivity contribution >= 4 is 28.9 Å². The number of aliphatic hydroxyl groups is 1. The molecule has 0 fully saturated rings. The van der Waals surface area contributed by atoms with Crippen molar-refractivity contribution in [1.82, 2.24) is 0 Å². The zero-order valence-corrected chi connectivity index (χ0v) is 14.1. The second-order valence-electron chi connectivity index (χ2n) is 5.48. The summed E-state index contributed by atoms with van der Waals surface area (Å²) in [6.45, 7) is -0.0642. The third-order valence-corrected chi connectivity index (χ3v) is 4.51. The molecule has 0 saturated carbocycles. The number of hydrogen-bond donors (Lipinski definition) is 2. The van der Waals surface area contributed by atoms with E-state index in [4.69, 9.17) is 28.9 Å². The zero-order chi connectivity index (χ0) is 16.3. The van der Waals surface area contributed by atoms with Crippen LogP contribution in [0, 0.1) is 0 Å². The highest BCUT2D eigenvalue weighted by molar-refractivity contribution is 6.42. The Hall–Kier alpha value is -1.26. The molecule has 2 aromatic rings. The second kappa shape index (κ2) is 7.34. The first-order chi connectivity index (χ1) is 10.4. The molecule has 3 N–H and O–H groups in total. The molecule has 2 atom stereocenters. The van der Waals surface area contributed by atoms with Gasteiger partial charge in [0.2, 0.25) is 0 Å². The topological polar surface area (TPSA) is 49.5 Å². The molecule has 118 valence electrons. The van der Waals surface area contributed by atoms with Gasteiger partial charge < -0.3 is 15.7 Å². The van der Waals surface area contributed by atoms with Crippen molar-refractivity contribution in [3.05, 3.63) is 63.6 Å². The molecule has 0 heterocycles. The van der Waals surface area contributed by atoms with Crippen molar-refractivity contribution < 1.29 is 5.11 Å². The summed E-state index contributed by atoms with van der Waals surface area (Å²) in [6, 6.07) is 13.0. The van der Waals surface area contributed by atoms with Gasteiger partial charge in [-0.05, 0) is 35.4 Å². The van der Waals surface area contributed by atoms with E-state index in [1.807, 2.05) is 49.3 Å². The van der Waals surface area contributed by atoms with E-state index >= 15 is 0 Å². The second-order valence-corrected chi connectivity index (χ2v) is 6.29. The van der Waals surface area contributed by atoms with Crippen molar-refractivity contribution in [2.75, 3.05) is 25.6 Å². The number of halogens is 2. The molecule has 2 rings (SSSR count). The Balaban J connectivity index is 2.34. The molecule has 0 spiro atoms. The van der Waals surface area contributed by atoms with E-state index in [0.717, 1.165) is 16.8 Å². The van der Waals surface area contributed by atoms with E-state index in [1.54, 1.807) is 12.1 Å². The van der Waals surface area contributed by atoms with Gasteiger partial charge >= 0.3 is 0 Å². The smallest absolute Gasteiger partial charge is 0.0595 e. The van der Waals surface area contributed by atoms with Crippen LogP contribution in [0.3, 0.4) is 0 Å². The minimum atomic E-state index is -0.331. The highest BCUT2D eigenvalue weighted by Crippen LogP contribution is 2.33. The van der Waals surface area contributed by atoms with Crippen molar-refractivity contribution in [1.29, 1.82) is 0 Å². The standard InChI is InChI=1S/C17H20Cl2N2O/c1-21(2)13-5-3-4-12(8-13)17(20)14(10-22)11-6-7-15(18)16(19)9-11/h3-9,14,17,22H,10,20H2,1-2H3. The van der Waals surface area contributed by atoms with Gasteiger partial charge in [0.05, 0.1) is 16.7 Å². The highest BCUT2D eigenvalue weighted by atomic mass is 35.5. The van der Waals surface area contributed by atoms with E-state index in [-0.39, 0.29) is 18.6 Å². The van der Waals surface area contributed by atoms with Crippen molar-refractivity contribution in [3.8, 4) is 0 Å². The lowest BCUT2D eigenvalue weighted by Gasteiger charge is -2.24. The third kappa shape index (κ3) is 3.73. The van der Waals surface area contributed by atoms with E-state index in [9.17, 15) is 5.11 Å². The Morgan fingerprint density at radius 1 is 1.05 bits per heavy atom. The van der Waals surface area contributed by atoms with Crippen molar-refractivity contribution in [2.45, 2.75) is 12.0 Å². The maximum atomic E-state index is 9.78. The summed E-state index contributed by atoms with van der Waals surface area (Å²) >= 11 is 12.0. The molecule has 0 bridgehead atoms. The predicted octanol–water partition coefficient (Wildman–Crippen LogP) is 3.84. The lowest BCUT2D eigenvalue weighted by Crippen LogP contribution is -2.23. The Morgan fingerprint density at radius 3 is 2.36 bits per heavy atom. The zero-order valence-electron chi connectivity index (χ0n) is 12.6. The summed E-state index contributed by atoms with van der Waals surface area (Å²) < 4.78 is 0. The molecule has 0 aromatic heterocycles. The lowest BCUT2D eigenvalue weighted by molar-refractivity contribution is 0.248. The van der Waals surface area contributed by atoms with Crippen LogP contribution in [0.25, 0.3) is 0 Å². The van der Waals surface area contributed by atoms with Crippen LogP contribution >= 0.6 is 23.2 Å². The fraction of sp³-hybridized carbons (Fsp3) is 0.294. The van der Waals surface area contributed by atoms with Gasteiger partial charge in [0.15, 0.2) is 0 Å². The molecule has 2 aromatic carbocycles. The Bertz CT molecular complexity index is 646. The first-order valence-electron chi connectivity index (χ1n) is 7.02. The average Bonchev–Trinajstić information content (AvgIpc) is 2.51. The Labute approximate surface area is 141 Å². The van der Waals surface area contributed by atoms with Gasteiger partial charge in [-0.15, -0.1) is 0 Å². The summed E-state index contributed by atoms with van der Waals surface area (Å²) in [4.78, 5) is 2.02. The monoisotopic (exact) mass is 338 g/mol. The molecule has 2 unspecified atom stereocenters. The maximum Gasteiger partial charge on any atom is 0.0595 e. The number of benzene rings is 2. The van der Waals surface area contributed by atoms with Gasteiger partial charge in [0.1, 0.15) is 0 Å². The summed E-state index contributed by atoms with van der Waals surface area (Å²) in [5.41, 5.74) is 9.30. The summed E-state index contributed by atoms with van der Waals surface area (Å²) in [6.07, 6.45) is 0. The van der Waals surface area contributed by atoms with Crippen LogP contribution in [0.2, 0.25) is 10.0 Å². The summed E-state index contributed by atoms with van der Waals surface area (Å²) in [5, 5.41) is 10.7. The molecule has 3 nitrogen and oxygen atoms in total. The first-order valence-corrected chi connectivity index (χ1v) is 7.78. The van der Waals surface area contributed by atoms with Crippen molar-refractivity contribution in [2.24, 2.45) is 5.73 Å². The molecule has 0 amide bonds. The normalized spacial score (nSPS) is 13.7. The van der Waals surface area contributed by atoms with Gasteiger partial charge in [-0.1, -0.05) is 41.4 Å². The third-order valence-electron chi connectivity index (χ3n) is 3.77. The molecule has 0 aliphatic heterocycles. The van der Waals surface area contributed by atoms with Crippen LogP contribution in [-0.2, 0) is 0 Å². The van der Waals surface area contributed by atoms with Crippen LogP contribution in [-0.4, -0.2) is 25.8 Å². The fourth-order valence-electron chi connectivity index (χ4n) is 2.41. The van der Waals surface area contributed by atoms with Gasteiger partial charge in [0.25, 0.3) is 0 Å². The van der Waals surface area contributed by atoms with Crippen LogP contribution in [0.1, 0.15) is 23.1 Å². The Morgan fingerprint density at radius 2 is 1.77 bits per heavy atom. The molecule has 0 aliphatic rings. The molecule has 5 heteroatoms. The lowest BCUT2D eigenvalue weighted by atomic mass is 9.88. The molecular formula is C17H20Cl2N2O. The Kier molecular flexibility index (Phi) is 5.70.